The van der Waals surface area contributed by atoms with Crippen LogP contribution >= 0.6 is 0 Å². The number of carbonyl (C=O) groups excluding carboxylic acids is 1. The Labute approximate surface area is 122 Å². The summed E-state index contributed by atoms with van der Waals surface area (Å²) in [4.78, 5) is 12.1. The molecular weight excluding hydrogens is 268 g/mol. The molecule has 0 radical (unpaired) electrons. The quantitative estimate of drug-likeness (QED) is 0.455. The lowest BCUT2D eigenvalue weighted by Crippen LogP contribution is -2.43. The fraction of sp³-hybridized carbons (Fsp3) is 0.812. The van der Waals surface area contributed by atoms with Gasteiger partial charge in [0.1, 0.15) is 6.10 Å². The van der Waals surface area contributed by atoms with Crippen molar-refractivity contribution in [3.63, 3.8) is 0 Å². The lowest BCUT2D eigenvalue weighted by Gasteiger charge is -2.37. The Bertz CT molecular complexity index is 449. The second-order valence-corrected chi connectivity index (χ2v) is 12.9. The molecule has 0 amide bonds. The minimum atomic E-state index is -1.77. The molecule has 1 saturated heterocycles. The van der Waals surface area contributed by atoms with Crippen molar-refractivity contribution >= 4 is 14.3 Å². The summed E-state index contributed by atoms with van der Waals surface area (Å²) in [5.41, 5.74) is 0. The third-order valence-corrected chi connectivity index (χ3v) is 10.4. The van der Waals surface area contributed by atoms with Crippen molar-refractivity contribution in [3.05, 3.63) is 12.2 Å². The number of carbonyl (C=O) groups is 1. The van der Waals surface area contributed by atoms with Gasteiger partial charge in [0.2, 0.25) is 0 Å². The van der Waals surface area contributed by atoms with Gasteiger partial charge in [0.15, 0.2) is 8.32 Å². The van der Waals surface area contributed by atoms with Crippen LogP contribution in [0.2, 0.25) is 18.1 Å². The van der Waals surface area contributed by atoms with Crippen LogP contribution < -0.4 is 0 Å². The molecule has 2 bridgehead atoms. The molecule has 5 atom stereocenters. The molecule has 3 nitrogen and oxygen atoms in total. The van der Waals surface area contributed by atoms with Crippen molar-refractivity contribution in [2.24, 2.45) is 23.7 Å². The second-order valence-electron chi connectivity index (χ2n) is 8.10. The number of ether oxygens (including phenoxy) is 1. The first-order valence-electron chi connectivity index (χ1n) is 7.73. The van der Waals surface area contributed by atoms with E-state index in [9.17, 15) is 4.79 Å². The van der Waals surface area contributed by atoms with Gasteiger partial charge in [-0.3, -0.25) is 4.79 Å². The highest BCUT2D eigenvalue weighted by Gasteiger charge is 2.57. The average Bonchev–Trinajstić information content (AvgIpc) is 2.98. The summed E-state index contributed by atoms with van der Waals surface area (Å²) in [6.45, 7) is 11.8. The molecular formula is C16H26O3Si. The molecule has 2 aliphatic carbocycles. The van der Waals surface area contributed by atoms with Gasteiger partial charge >= 0.3 is 5.97 Å². The van der Waals surface area contributed by atoms with E-state index in [1.165, 1.54) is 0 Å². The second kappa shape index (κ2) is 4.44. The summed E-state index contributed by atoms with van der Waals surface area (Å²) in [5.74, 6) is 1.44. The van der Waals surface area contributed by atoms with Gasteiger partial charge in [0, 0.05) is 5.92 Å². The van der Waals surface area contributed by atoms with Gasteiger partial charge in [0.05, 0.1) is 12.5 Å². The summed E-state index contributed by atoms with van der Waals surface area (Å²) in [6, 6.07) is 0. The van der Waals surface area contributed by atoms with E-state index in [-0.39, 0.29) is 23.0 Å². The van der Waals surface area contributed by atoms with Gasteiger partial charge in [-0.2, -0.15) is 0 Å². The first-order valence-corrected chi connectivity index (χ1v) is 10.6. The molecule has 112 valence electrons. The molecule has 0 aromatic carbocycles. The number of fused-ring (bicyclic) bond motifs is 5. The molecule has 1 heterocycles. The molecule has 1 saturated carbocycles. The fourth-order valence-electron chi connectivity index (χ4n) is 3.66. The minimum Gasteiger partial charge on any atom is -0.459 e. The Kier molecular flexibility index (Phi) is 3.18. The Hall–Kier alpha value is -0.613. The first kappa shape index (κ1) is 14.3. The zero-order valence-corrected chi connectivity index (χ0v) is 14.2. The molecule has 0 N–H and O–H groups in total. The molecule has 0 aromatic heterocycles. The van der Waals surface area contributed by atoms with Crippen LogP contribution in [0.4, 0.5) is 0 Å². The van der Waals surface area contributed by atoms with Crippen LogP contribution in [0.3, 0.4) is 0 Å². The van der Waals surface area contributed by atoms with Gasteiger partial charge in [-0.25, -0.2) is 0 Å². The number of esters is 1. The average molecular weight is 294 g/mol. The van der Waals surface area contributed by atoms with Gasteiger partial charge in [-0.15, -0.1) is 0 Å². The van der Waals surface area contributed by atoms with Gasteiger partial charge in [0.25, 0.3) is 0 Å². The van der Waals surface area contributed by atoms with E-state index in [0.717, 1.165) is 6.42 Å². The first-order chi connectivity index (χ1) is 9.21. The molecule has 1 aliphatic heterocycles. The van der Waals surface area contributed by atoms with Crippen LogP contribution in [0, 0.1) is 23.7 Å². The Morgan fingerprint density at radius 1 is 1.30 bits per heavy atom. The minimum absolute atomic E-state index is 0.00989. The van der Waals surface area contributed by atoms with E-state index in [0.29, 0.717) is 24.4 Å². The fourth-order valence-corrected chi connectivity index (χ4v) is 4.67. The molecule has 0 unspecified atom stereocenters. The van der Waals surface area contributed by atoms with Crippen molar-refractivity contribution in [1.82, 2.24) is 0 Å². The maximum atomic E-state index is 12.1. The van der Waals surface area contributed by atoms with Crippen LogP contribution in [-0.2, 0) is 14.0 Å². The van der Waals surface area contributed by atoms with E-state index in [4.69, 9.17) is 9.16 Å². The van der Waals surface area contributed by atoms with E-state index >= 15 is 0 Å². The monoisotopic (exact) mass is 294 g/mol. The molecule has 4 heteroatoms. The van der Waals surface area contributed by atoms with Gasteiger partial charge in [-0.1, -0.05) is 32.9 Å². The normalized spacial score (nSPS) is 39.2. The summed E-state index contributed by atoms with van der Waals surface area (Å²) in [5, 5.41) is 0.198. The van der Waals surface area contributed by atoms with Crippen molar-refractivity contribution in [1.29, 1.82) is 0 Å². The lowest BCUT2D eigenvalue weighted by molar-refractivity contribution is -0.146. The third kappa shape index (κ3) is 2.08. The Balaban J connectivity index is 1.68. The molecule has 20 heavy (non-hydrogen) atoms. The van der Waals surface area contributed by atoms with Crippen LogP contribution in [0.15, 0.2) is 12.2 Å². The molecule has 0 aromatic rings. The Morgan fingerprint density at radius 3 is 2.60 bits per heavy atom. The zero-order chi connectivity index (χ0) is 14.7. The highest BCUT2D eigenvalue weighted by molar-refractivity contribution is 6.74. The number of allylic oxidation sites excluding steroid dienone is 2. The topological polar surface area (TPSA) is 35.5 Å². The van der Waals surface area contributed by atoms with Crippen LogP contribution in [0.1, 0.15) is 27.2 Å². The smallest absolute Gasteiger partial charge is 0.310 e. The molecule has 2 fully saturated rings. The predicted octanol–water partition coefficient (Wildman–Crippen LogP) is 3.37. The zero-order valence-electron chi connectivity index (χ0n) is 13.2. The van der Waals surface area contributed by atoms with Gasteiger partial charge < -0.3 is 9.16 Å². The Morgan fingerprint density at radius 2 is 1.95 bits per heavy atom. The number of hydrogen-bond donors (Lipinski definition) is 0. The summed E-state index contributed by atoms with van der Waals surface area (Å²) in [6.07, 6.45) is 5.61. The summed E-state index contributed by atoms with van der Waals surface area (Å²) < 4.78 is 11.9. The van der Waals surface area contributed by atoms with Crippen LogP contribution in [-0.4, -0.2) is 27.0 Å². The predicted molar refractivity (Wildman–Crippen MR) is 80.7 cm³/mol. The number of hydrogen-bond acceptors (Lipinski definition) is 3. The van der Waals surface area contributed by atoms with Gasteiger partial charge in [-0.05, 0) is 36.4 Å². The standard InChI is InChI=1S/C16H26O3Si/c1-16(2,3)20(4,5)18-9-12-13-10-6-7-11(8-10)14(13)15(17)19-12/h6-7,10-14H,8-9H2,1-5H3/t10-,11+,12+,13+,14+/m0/s1. The highest BCUT2D eigenvalue weighted by Crippen LogP contribution is 2.54. The SMILES string of the molecule is CC(C)(C)[Si](C)(C)OC[C@H]1OC(=O)[C@H]2[C@@H]1[C@H]1C=C[C@@H]2C1. The molecule has 3 aliphatic rings. The van der Waals surface area contributed by atoms with Crippen molar-refractivity contribution in [3.8, 4) is 0 Å². The van der Waals surface area contributed by atoms with Crippen LogP contribution in [0.5, 0.6) is 0 Å². The number of rotatable bonds is 3. The summed E-state index contributed by atoms with van der Waals surface area (Å²) in [7, 11) is -1.77. The maximum absolute atomic E-state index is 12.1. The molecule has 0 spiro atoms. The molecule has 3 rings (SSSR count). The van der Waals surface area contributed by atoms with Crippen molar-refractivity contribution in [2.75, 3.05) is 6.61 Å². The lowest BCUT2D eigenvalue weighted by atomic mass is 9.82. The summed E-state index contributed by atoms with van der Waals surface area (Å²) >= 11 is 0. The van der Waals surface area contributed by atoms with E-state index in [1.54, 1.807) is 0 Å². The third-order valence-electron chi connectivity index (χ3n) is 5.90. The van der Waals surface area contributed by atoms with Crippen LogP contribution in [0.25, 0.3) is 0 Å². The largest absolute Gasteiger partial charge is 0.459 e. The van der Waals surface area contributed by atoms with E-state index < -0.39 is 8.32 Å². The van der Waals surface area contributed by atoms with Crippen molar-refractivity contribution in [2.45, 2.75) is 51.4 Å². The van der Waals surface area contributed by atoms with E-state index in [1.807, 2.05) is 0 Å². The van der Waals surface area contributed by atoms with Crippen molar-refractivity contribution < 1.29 is 14.0 Å². The maximum Gasteiger partial charge on any atom is 0.310 e. The number of cyclic esters (lactones) is 1. The highest BCUT2D eigenvalue weighted by atomic mass is 28.4. The van der Waals surface area contributed by atoms with E-state index in [2.05, 4.69) is 46.0 Å².